The highest BCUT2D eigenvalue weighted by molar-refractivity contribution is 9.10. The van der Waals surface area contributed by atoms with Crippen molar-refractivity contribution < 1.29 is 4.79 Å². The maximum Gasteiger partial charge on any atom is 0.326 e. The van der Waals surface area contributed by atoms with Crippen LogP contribution >= 0.6 is 15.9 Å². The molecule has 1 aromatic heterocycles. The van der Waals surface area contributed by atoms with E-state index in [1.807, 2.05) is 42.5 Å². The summed E-state index contributed by atoms with van der Waals surface area (Å²) in [6.45, 7) is 5.82. The van der Waals surface area contributed by atoms with Crippen LogP contribution in [0.1, 0.15) is 0 Å². The van der Waals surface area contributed by atoms with Crippen LogP contribution in [0.4, 0.5) is 22.0 Å². The molecule has 5 nitrogen and oxygen atoms in total. The second-order valence-corrected chi connectivity index (χ2v) is 6.09. The van der Waals surface area contributed by atoms with Crippen LogP contribution in [0.25, 0.3) is 0 Å². The highest BCUT2D eigenvalue weighted by Gasteiger charge is 2.27. The number of hydrogen-bond donors (Lipinski definition) is 1. The molecular formula is C17H17BrN4O. The third-order valence-corrected chi connectivity index (χ3v) is 4.11. The lowest BCUT2D eigenvalue weighted by Gasteiger charge is -2.36. The molecular weight excluding hydrogens is 356 g/mol. The zero-order valence-corrected chi connectivity index (χ0v) is 14.2. The molecule has 3 rings (SSSR count). The molecule has 0 saturated carbocycles. The topological polar surface area (TPSA) is 48.5 Å². The predicted molar refractivity (Wildman–Crippen MR) is 97.2 cm³/mol. The molecule has 2 amide bonds. The van der Waals surface area contributed by atoms with Crippen LogP contribution in [0, 0.1) is 0 Å². The Hall–Kier alpha value is -2.34. The van der Waals surface area contributed by atoms with Gasteiger partial charge in [0.05, 0.1) is 5.69 Å². The summed E-state index contributed by atoms with van der Waals surface area (Å²) < 4.78 is 0.924. The Bertz CT molecular complexity index is 734. The molecule has 0 bridgehead atoms. The molecule has 1 N–H and O–H groups in total. The highest BCUT2D eigenvalue weighted by Crippen LogP contribution is 2.31. The normalized spacial score (nSPS) is 13.4. The number of pyridine rings is 1. The number of nitrogens with one attached hydrogen (secondary N) is 1. The maximum atomic E-state index is 12.6. The number of aromatic nitrogens is 1. The van der Waals surface area contributed by atoms with E-state index in [9.17, 15) is 4.79 Å². The number of carbonyl (C=O) groups excluding carboxylic acids is 1. The van der Waals surface area contributed by atoms with Crippen molar-refractivity contribution in [1.82, 2.24) is 4.98 Å². The minimum atomic E-state index is -0.157. The van der Waals surface area contributed by atoms with Gasteiger partial charge in [-0.1, -0.05) is 28.1 Å². The van der Waals surface area contributed by atoms with E-state index < -0.39 is 0 Å². The quantitative estimate of drug-likeness (QED) is 0.831. The molecule has 0 saturated heterocycles. The fourth-order valence-electron chi connectivity index (χ4n) is 2.59. The summed E-state index contributed by atoms with van der Waals surface area (Å²) in [7, 11) is 0. The summed E-state index contributed by atoms with van der Waals surface area (Å²) in [5.41, 5.74) is 1.57. The molecule has 1 aliphatic rings. The molecule has 2 heterocycles. The van der Waals surface area contributed by atoms with E-state index in [0.717, 1.165) is 28.2 Å². The number of carbonyl (C=O) groups is 1. The van der Waals surface area contributed by atoms with Gasteiger partial charge in [-0.15, -0.1) is 6.58 Å². The van der Waals surface area contributed by atoms with Gasteiger partial charge in [0.15, 0.2) is 5.82 Å². The summed E-state index contributed by atoms with van der Waals surface area (Å²) in [5.74, 6) is 0.808. The summed E-state index contributed by atoms with van der Waals surface area (Å²) >= 11 is 3.41. The van der Waals surface area contributed by atoms with Gasteiger partial charge in [0.1, 0.15) is 0 Å². The van der Waals surface area contributed by atoms with Crippen molar-refractivity contribution in [2.24, 2.45) is 0 Å². The SMILES string of the molecule is C=CCN1CCN(C(=O)Nc2cccc(Br)c2)c2cccnc21. The molecule has 1 aliphatic heterocycles. The fraction of sp³-hybridized carbons (Fsp3) is 0.176. The van der Waals surface area contributed by atoms with Gasteiger partial charge in [-0.05, 0) is 30.3 Å². The van der Waals surface area contributed by atoms with Gasteiger partial charge in [0.2, 0.25) is 0 Å². The number of urea groups is 1. The monoisotopic (exact) mass is 372 g/mol. The molecule has 0 spiro atoms. The third kappa shape index (κ3) is 3.37. The van der Waals surface area contributed by atoms with E-state index in [1.54, 1.807) is 11.1 Å². The second-order valence-electron chi connectivity index (χ2n) is 5.17. The highest BCUT2D eigenvalue weighted by atomic mass is 79.9. The number of fused-ring (bicyclic) bond motifs is 1. The van der Waals surface area contributed by atoms with Crippen LogP contribution in [-0.2, 0) is 0 Å². The minimum absolute atomic E-state index is 0.157. The standard InChI is InChI=1S/C17H17BrN4O/c1-2-9-21-10-11-22(15-7-4-8-19-16(15)21)17(23)20-14-6-3-5-13(18)12-14/h2-8,12H,1,9-11H2,(H,20,23). The van der Waals surface area contributed by atoms with Crippen LogP contribution in [0.15, 0.2) is 59.7 Å². The van der Waals surface area contributed by atoms with Gasteiger partial charge in [-0.2, -0.15) is 0 Å². The maximum absolute atomic E-state index is 12.6. The van der Waals surface area contributed by atoms with E-state index in [-0.39, 0.29) is 6.03 Å². The Labute approximate surface area is 143 Å². The van der Waals surface area contributed by atoms with Gasteiger partial charge in [0.25, 0.3) is 0 Å². The first-order valence-electron chi connectivity index (χ1n) is 7.34. The summed E-state index contributed by atoms with van der Waals surface area (Å²) in [4.78, 5) is 20.9. The first-order valence-corrected chi connectivity index (χ1v) is 8.13. The zero-order valence-electron chi connectivity index (χ0n) is 12.6. The summed E-state index contributed by atoms with van der Waals surface area (Å²) in [5, 5.41) is 2.93. The molecule has 0 aliphatic carbocycles. The minimum Gasteiger partial charge on any atom is -0.349 e. The first kappa shape index (κ1) is 15.6. The molecule has 118 valence electrons. The van der Waals surface area contributed by atoms with Crippen LogP contribution in [0.5, 0.6) is 0 Å². The van der Waals surface area contributed by atoms with E-state index >= 15 is 0 Å². The van der Waals surface area contributed by atoms with E-state index in [1.165, 1.54) is 0 Å². The molecule has 1 aromatic carbocycles. The molecule has 0 atom stereocenters. The molecule has 0 fully saturated rings. The van der Waals surface area contributed by atoms with Gasteiger partial charge in [-0.3, -0.25) is 4.90 Å². The van der Waals surface area contributed by atoms with Gasteiger partial charge in [-0.25, -0.2) is 9.78 Å². The summed E-state index contributed by atoms with van der Waals surface area (Å²) in [6, 6.07) is 11.1. The predicted octanol–water partition coefficient (Wildman–Crippen LogP) is 3.89. The Morgan fingerprint density at radius 3 is 3.00 bits per heavy atom. The van der Waals surface area contributed by atoms with E-state index in [0.29, 0.717) is 13.1 Å². The molecule has 2 aromatic rings. The molecule has 23 heavy (non-hydrogen) atoms. The van der Waals surface area contributed by atoms with Crippen molar-refractivity contribution >= 4 is 39.2 Å². The lowest BCUT2D eigenvalue weighted by molar-refractivity contribution is 0.256. The molecule has 0 radical (unpaired) electrons. The molecule has 0 unspecified atom stereocenters. The number of amides is 2. The van der Waals surface area contributed by atoms with Crippen molar-refractivity contribution in [3.05, 3.63) is 59.7 Å². The molecule has 6 heteroatoms. The van der Waals surface area contributed by atoms with Crippen LogP contribution in [0.2, 0.25) is 0 Å². The van der Waals surface area contributed by atoms with E-state index in [2.05, 4.69) is 37.7 Å². The second kappa shape index (κ2) is 6.83. The number of rotatable bonds is 3. The lowest BCUT2D eigenvalue weighted by atomic mass is 10.2. The lowest BCUT2D eigenvalue weighted by Crippen LogP contribution is -2.46. The number of anilines is 3. The van der Waals surface area contributed by atoms with Crippen molar-refractivity contribution in [3.63, 3.8) is 0 Å². The average molecular weight is 373 g/mol. The fourth-order valence-corrected chi connectivity index (χ4v) is 2.99. The van der Waals surface area contributed by atoms with Gasteiger partial charge in [0, 0.05) is 36.0 Å². The van der Waals surface area contributed by atoms with Crippen molar-refractivity contribution in [1.29, 1.82) is 0 Å². The third-order valence-electron chi connectivity index (χ3n) is 3.62. The smallest absolute Gasteiger partial charge is 0.326 e. The first-order chi connectivity index (χ1) is 11.2. The number of hydrogen-bond acceptors (Lipinski definition) is 3. The van der Waals surface area contributed by atoms with Crippen LogP contribution in [-0.4, -0.2) is 30.6 Å². The van der Waals surface area contributed by atoms with Crippen molar-refractivity contribution in [2.75, 3.05) is 34.8 Å². The average Bonchev–Trinajstić information content (AvgIpc) is 2.55. The summed E-state index contributed by atoms with van der Waals surface area (Å²) in [6.07, 6.45) is 3.58. The Morgan fingerprint density at radius 1 is 1.35 bits per heavy atom. The largest absolute Gasteiger partial charge is 0.349 e. The Kier molecular flexibility index (Phi) is 4.62. The number of nitrogens with zero attached hydrogens (tertiary/aromatic N) is 3. The van der Waals surface area contributed by atoms with Gasteiger partial charge < -0.3 is 10.2 Å². The Morgan fingerprint density at radius 2 is 2.22 bits per heavy atom. The number of halogens is 1. The van der Waals surface area contributed by atoms with Crippen LogP contribution in [0.3, 0.4) is 0 Å². The zero-order chi connectivity index (χ0) is 16.2. The van der Waals surface area contributed by atoms with Crippen molar-refractivity contribution in [3.8, 4) is 0 Å². The Balaban J connectivity index is 1.84. The van der Waals surface area contributed by atoms with E-state index in [4.69, 9.17) is 0 Å². The van der Waals surface area contributed by atoms with Crippen LogP contribution < -0.4 is 15.1 Å². The van der Waals surface area contributed by atoms with Crippen molar-refractivity contribution in [2.45, 2.75) is 0 Å². The van der Waals surface area contributed by atoms with Gasteiger partial charge >= 0.3 is 6.03 Å². The number of benzene rings is 1.